The second kappa shape index (κ2) is 13.5. The van der Waals surface area contributed by atoms with Crippen LogP contribution in [-0.4, -0.2) is 71.5 Å². The maximum absolute atomic E-state index is 14.4. The first kappa shape index (κ1) is 27.8. The van der Waals surface area contributed by atoms with Crippen LogP contribution in [0.5, 0.6) is 11.5 Å². The summed E-state index contributed by atoms with van der Waals surface area (Å²) in [7, 11) is 1.73. The molecular weight excluding hydrogens is 590 g/mol. The number of alkyl halides is 2. The molecule has 0 saturated carbocycles. The van der Waals surface area contributed by atoms with Crippen LogP contribution in [0, 0.1) is 5.82 Å². The standard InChI is InChI=1S/C28H37FIN2O5/c1-3-36-25-8-9-26(29)27(18-25)31-13-10-24(11-14-31)37-23-6-4-21(5-7-23)32-19-20(30-12-15-35-2)16-22(32)17-28(33)34/h4-9,18,20,22,24H,3,10-17,19H2,1-2H3,(H,33,34)/q-1/t20-,22-/m1/s1. The number of benzene rings is 2. The van der Waals surface area contributed by atoms with E-state index in [0.29, 0.717) is 35.1 Å². The second-order valence-corrected chi connectivity index (χ2v) is 13.1. The van der Waals surface area contributed by atoms with E-state index in [9.17, 15) is 14.3 Å². The van der Waals surface area contributed by atoms with Crippen LogP contribution in [0.15, 0.2) is 42.5 Å². The van der Waals surface area contributed by atoms with E-state index in [-0.39, 0.29) is 45.6 Å². The molecule has 2 aromatic carbocycles. The molecule has 0 radical (unpaired) electrons. The summed E-state index contributed by atoms with van der Waals surface area (Å²) in [5.74, 6) is 0.514. The van der Waals surface area contributed by atoms with Gasteiger partial charge in [-0.3, -0.25) is 0 Å². The summed E-state index contributed by atoms with van der Waals surface area (Å²) in [5.41, 5.74) is 1.63. The van der Waals surface area contributed by atoms with Gasteiger partial charge in [-0.15, -0.1) is 0 Å². The number of hydrogen-bond acceptors (Lipinski definition) is 6. The van der Waals surface area contributed by atoms with Crippen LogP contribution >= 0.6 is 0 Å². The van der Waals surface area contributed by atoms with Crippen molar-refractivity contribution in [3.63, 3.8) is 0 Å². The third kappa shape index (κ3) is 7.63. The number of anilines is 2. The van der Waals surface area contributed by atoms with Crippen molar-refractivity contribution in [3.8, 4) is 11.5 Å². The molecular formula is C28H37FIN2O5-. The number of rotatable bonds is 12. The number of halogens is 2. The van der Waals surface area contributed by atoms with E-state index in [1.165, 1.54) is 6.07 Å². The number of carbonyl (C=O) groups is 1. The Kier molecular flexibility index (Phi) is 10.1. The molecule has 37 heavy (non-hydrogen) atoms. The summed E-state index contributed by atoms with van der Waals surface area (Å²) in [4.78, 5) is 15.8. The molecule has 9 heteroatoms. The van der Waals surface area contributed by atoms with Crippen molar-refractivity contribution in [1.29, 1.82) is 0 Å². The fourth-order valence-electron chi connectivity index (χ4n) is 5.07. The predicted octanol–water partition coefficient (Wildman–Crippen LogP) is 1.43. The first-order chi connectivity index (χ1) is 18.0. The van der Waals surface area contributed by atoms with Gasteiger partial charge in [0.1, 0.15) is 11.6 Å². The molecule has 2 atom stereocenters. The van der Waals surface area contributed by atoms with E-state index in [1.54, 1.807) is 19.2 Å². The number of hydrogen-bond donors (Lipinski definition) is 1. The van der Waals surface area contributed by atoms with Crippen molar-refractivity contribution in [3.05, 3.63) is 48.3 Å². The molecule has 2 aliphatic heterocycles. The normalized spacial score (nSPS) is 20.4. The summed E-state index contributed by atoms with van der Waals surface area (Å²) in [6.07, 6.45) is 2.78. The van der Waals surface area contributed by atoms with Crippen LogP contribution in [0.2, 0.25) is 0 Å². The van der Waals surface area contributed by atoms with Crippen LogP contribution in [0.3, 0.4) is 0 Å². The fourth-order valence-corrected chi connectivity index (χ4v) is 8.30. The molecule has 0 unspecified atom stereocenters. The van der Waals surface area contributed by atoms with Gasteiger partial charge in [-0.1, -0.05) is 0 Å². The molecule has 0 spiro atoms. The number of methoxy groups -OCH3 is 1. The van der Waals surface area contributed by atoms with Gasteiger partial charge >= 0.3 is 172 Å². The molecule has 4 rings (SSSR count). The Morgan fingerprint density at radius 2 is 1.86 bits per heavy atom. The molecule has 1 N–H and O–H groups in total. The average molecular weight is 628 g/mol. The molecule has 2 aliphatic rings. The summed E-state index contributed by atoms with van der Waals surface area (Å²) in [5, 5.41) is 9.42. The molecule has 0 aromatic heterocycles. The molecule has 2 fully saturated rings. The van der Waals surface area contributed by atoms with E-state index in [0.717, 1.165) is 48.3 Å². The molecule has 0 amide bonds. The number of aliphatic carboxylic acids is 1. The summed E-state index contributed by atoms with van der Waals surface area (Å²) in [6.45, 7) is 5.59. The quantitative estimate of drug-likeness (QED) is 0.217. The fraction of sp³-hybridized carbons (Fsp3) is 0.536. The van der Waals surface area contributed by atoms with Crippen LogP contribution in [0.1, 0.15) is 32.6 Å². The Morgan fingerprint density at radius 3 is 2.54 bits per heavy atom. The second-order valence-electron chi connectivity index (χ2n) is 9.42. The van der Waals surface area contributed by atoms with E-state index in [2.05, 4.69) is 9.80 Å². The van der Waals surface area contributed by atoms with Crippen molar-refractivity contribution in [2.75, 3.05) is 54.2 Å². The van der Waals surface area contributed by atoms with Gasteiger partial charge in [-0.2, -0.15) is 0 Å². The van der Waals surface area contributed by atoms with E-state index < -0.39 is 5.97 Å². The molecule has 0 bridgehead atoms. The first-order valence-corrected chi connectivity index (χ1v) is 15.7. The van der Waals surface area contributed by atoms with Gasteiger partial charge in [0.05, 0.1) is 12.3 Å². The van der Waals surface area contributed by atoms with Gasteiger partial charge < -0.3 is 4.74 Å². The summed E-state index contributed by atoms with van der Waals surface area (Å²) >= 11 is -0.0223. The van der Waals surface area contributed by atoms with Gasteiger partial charge in [-0.25, -0.2) is 4.39 Å². The van der Waals surface area contributed by atoms with Crippen LogP contribution in [0.4, 0.5) is 15.8 Å². The van der Waals surface area contributed by atoms with Gasteiger partial charge in [0.25, 0.3) is 0 Å². The number of piperidine rings is 1. The first-order valence-electron chi connectivity index (χ1n) is 13.0. The van der Waals surface area contributed by atoms with Crippen LogP contribution < -0.4 is 40.5 Å². The van der Waals surface area contributed by atoms with Gasteiger partial charge in [0.2, 0.25) is 0 Å². The van der Waals surface area contributed by atoms with E-state index >= 15 is 0 Å². The summed E-state index contributed by atoms with van der Waals surface area (Å²) in [6, 6.07) is 13.0. The average Bonchev–Trinajstić information content (AvgIpc) is 3.28. The molecule has 7 nitrogen and oxygen atoms in total. The molecule has 204 valence electrons. The molecule has 2 heterocycles. The summed E-state index contributed by atoms with van der Waals surface area (Å²) < 4.78 is 33.1. The van der Waals surface area contributed by atoms with Crippen LogP contribution in [0.25, 0.3) is 0 Å². The maximum Gasteiger partial charge on any atom is 0.00650 e. The van der Waals surface area contributed by atoms with Gasteiger partial charge in [0, 0.05) is 6.07 Å². The number of ether oxygens (including phenoxy) is 3. The largest absolute Gasteiger partial charge is 0.00650 e. The Bertz CT molecular complexity index is 1020. The maximum atomic E-state index is 14.4. The minimum atomic E-state index is -0.749. The number of carboxylic acid groups (broad SMARTS) is 1. The van der Waals surface area contributed by atoms with Crippen molar-refractivity contribution in [2.24, 2.45) is 0 Å². The van der Waals surface area contributed by atoms with Crippen LogP contribution in [-0.2, 0) is 9.53 Å². The smallest absolute Gasteiger partial charge is 0.00650 e. The molecule has 2 saturated heterocycles. The van der Waals surface area contributed by atoms with Gasteiger partial charge in [-0.05, 0) is 19.1 Å². The zero-order chi connectivity index (χ0) is 26.2. The number of carboxylic acids is 1. The number of nitrogens with zero attached hydrogens (tertiary/aromatic N) is 2. The zero-order valence-corrected chi connectivity index (χ0v) is 23.7. The Labute approximate surface area is 229 Å². The third-order valence-corrected chi connectivity index (χ3v) is 10.1. The van der Waals surface area contributed by atoms with Crippen molar-refractivity contribution < 1.29 is 49.7 Å². The monoisotopic (exact) mass is 627 g/mol. The Hall–Kier alpha value is -2.27. The van der Waals surface area contributed by atoms with E-state index in [4.69, 9.17) is 14.2 Å². The SMILES string of the molecule is CCOc1ccc(F)c(N2CCC(Oc3ccc(N4C[C@H]([I-]CCOC)C[C@@H]4CC(=O)O)cc3)CC2)c1. The Morgan fingerprint density at radius 1 is 1.14 bits per heavy atom. The topological polar surface area (TPSA) is 71.5 Å². The van der Waals surface area contributed by atoms with Crippen molar-refractivity contribution >= 4 is 17.3 Å². The van der Waals surface area contributed by atoms with E-state index in [1.807, 2.05) is 31.2 Å². The van der Waals surface area contributed by atoms with Crippen molar-refractivity contribution in [1.82, 2.24) is 0 Å². The van der Waals surface area contributed by atoms with Crippen molar-refractivity contribution in [2.45, 2.75) is 48.7 Å². The minimum absolute atomic E-state index is 0.0223. The zero-order valence-electron chi connectivity index (χ0n) is 21.6. The minimum Gasteiger partial charge on any atom is 0.00650 e. The molecule has 0 aliphatic carbocycles. The third-order valence-electron chi connectivity index (χ3n) is 6.86. The molecule has 2 aromatic rings. The van der Waals surface area contributed by atoms with Gasteiger partial charge in [0.15, 0.2) is 0 Å². The predicted molar refractivity (Wildman–Crippen MR) is 138 cm³/mol. The Balaban J connectivity index is 1.32.